The monoisotopic (exact) mass is 1010 g/mol. The summed E-state index contributed by atoms with van der Waals surface area (Å²) in [5, 5.41) is 0. The number of rotatable bonds is 41. The molecule has 2 fully saturated rings. The quantitative estimate of drug-likeness (QED) is 0.0467. The van der Waals surface area contributed by atoms with Crippen LogP contribution in [0.1, 0.15) is 336 Å². The Morgan fingerprint density at radius 2 is 0.847 bits per heavy atom. The summed E-state index contributed by atoms with van der Waals surface area (Å²) >= 11 is 0. The highest BCUT2D eigenvalue weighted by molar-refractivity contribution is 6.76. The fourth-order valence-corrected chi connectivity index (χ4v) is 22.5. The van der Waals surface area contributed by atoms with Crippen molar-refractivity contribution in [1.82, 2.24) is 4.57 Å². The molecule has 0 radical (unpaired) electrons. The van der Waals surface area contributed by atoms with Crippen molar-refractivity contribution in [2.45, 2.75) is 360 Å². The van der Waals surface area contributed by atoms with Gasteiger partial charge in [-0.25, -0.2) is 0 Å². The van der Waals surface area contributed by atoms with E-state index in [1.54, 1.807) is 22.3 Å². The summed E-state index contributed by atoms with van der Waals surface area (Å²) in [6.07, 6.45) is 68.0. The van der Waals surface area contributed by atoms with E-state index in [1.807, 2.05) is 0 Å². The largest absolute Gasteiger partial charge is 0.316 e. The molecule has 5 unspecified atom stereocenters. The topological polar surface area (TPSA) is 3.24 Å². The molecule has 4 aliphatic rings. The number of allylic oxidation sites excluding steroid dienone is 4. The lowest BCUT2D eigenvalue weighted by Crippen LogP contribution is -2.65. The maximum absolute atomic E-state index is 3.21. The Bertz CT molecular complexity index is 1580. The summed E-state index contributed by atoms with van der Waals surface area (Å²) in [6.45, 7) is 23.4. The third-order valence-corrected chi connectivity index (χ3v) is 25.0. The molecule has 1 aromatic rings. The van der Waals surface area contributed by atoms with Crippen LogP contribution in [0.4, 0.5) is 0 Å². The van der Waals surface area contributed by atoms with E-state index < -0.39 is 8.24 Å². The van der Waals surface area contributed by atoms with Gasteiger partial charge in [-0.15, -0.1) is 0 Å². The molecule has 1 nitrogen and oxygen atoms in total. The lowest BCUT2D eigenvalue weighted by atomic mass is 9.67. The first-order chi connectivity index (χ1) is 35.0. The first kappa shape index (κ1) is 61.7. The molecule has 0 saturated heterocycles. The lowest BCUT2D eigenvalue weighted by molar-refractivity contribution is 0.138. The van der Waals surface area contributed by atoms with E-state index in [4.69, 9.17) is 0 Å². The van der Waals surface area contributed by atoms with Gasteiger partial charge in [-0.2, -0.15) is 0 Å². The molecule has 0 spiro atoms. The van der Waals surface area contributed by atoms with Crippen LogP contribution in [0.5, 0.6) is 0 Å². The molecule has 0 bridgehead atoms. The molecular weight excluding hydrogens is 883 g/mol. The average molecular weight is 1010 g/mol. The summed E-state index contributed by atoms with van der Waals surface area (Å²) in [5.74, 6) is 2.85. The van der Waals surface area contributed by atoms with Gasteiger partial charge in [0.05, 0.1) is 0 Å². The predicted molar refractivity (Wildman–Crippen MR) is 326 cm³/mol. The number of benzene rings is 1. The first-order valence-electron chi connectivity index (χ1n) is 33.3. The molecule has 2 saturated carbocycles. The summed E-state index contributed by atoms with van der Waals surface area (Å²) in [6, 6.07) is 10.7. The van der Waals surface area contributed by atoms with Crippen molar-refractivity contribution in [3.8, 4) is 0 Å². The van der Waals surface area contributed by atoms with Crippen LogP contribution in [0.25, 0.3) is 5.57 Å². The SMILES string of the molecule is CCCCCCCCCCCCCCCCCCCCC1(CCCCCCCCCCCCCCCCCCCC)C2=CC3C(C)C(C)C([Si](C)(C)N(C4CCCCC4)C(C)(C)C)C3C=C2c2ccccc21. The van der Waals surface area contributed by atoms with Gasteiger partial charge < -0.3 is 4.57 Å². The van der Waals surface area contributed by atoms with Gasteiger partial charge in [-0.1, -0.05) is 328 Å². The molecular formula is C70H125NSi. The number of hydrogen-bond acceptors (Lipinski definition) is 1. The van der Waals surface area contributed by atoms with E-state index in [1.165, 1.54) is 276 Å². The van der Waals surface area contributed by atoms with E-state index in [0.29, 0.717) is 11.8 Å². The Balaban J connectivity index is 1.16. The maximum Gasteiger partial charge on any atom is 0.127 e. The van der Waals surface area contributed by atoms with Crippen molar-refractivity contribution in [1.29, 1.82) is 0 Å². The van der Waals surface area contributed by atoms with E-state index in [-0.39, 0.29) is 11.0 Å². The molecule has 0 heterocycles. The Morgan fingerprint density at radius 1 is 0.472 bits per heavy atom. The van der Waals surface area contributed by atoms with Crippen LogP contribution in [0.3, 0.4) is 0 Å². The van der Waals surface area contributed by atoms with Crippen molar-refractivity contribution in [3.05, 3.63) is 53.1 Å². The van der Waals surface area contributed by atoms with E-state index in [2.05, 4.69) is 103 Å². The Hall–Kier alpha value is -1.12. The van der Waals surface area contributed by atoms with Crippen molar-refractivity contribution < 1.29 is 0 Å². The number of fused-ring (bicyclic) bond motifs is 4. The van der Waals surface area contributed by atoms with E-state index >= 15 is 0 Å². The highest BCUT2D eigenvalue weighted by Gasteiger charge is 2.58. The Labute approximate surface area is 453 Å². The minimum absolute atomic E-state index is 0.199. The van der Waals surface area contributed by atoms with Crippen LogP contribution < -0.4 is 0 Å². The second kappa shape index (κ2) is 33.9. The van der Waals surface area contributed by atoms with Crippen LogP contribution in [-0.4, -0.2) is 24.4 Å². The van der Waals surface area contributed by atoms with Crippen LogP contribution in [0.2, 0.25) is 18.6 Å². The summed E-state index contributed by atoms with van der Waals surface area (Å²) in [4.78, 5) is 0. The predicted octanol–water partition coefficient (Wildman–Crippen LogP) is 23.7. The fraction of sp³-hybridized carbons (Fsp3) is 0.857. The van der Waals surface area contributed by atoms with Gasteiger partial charge in [-0.3, -0.25) is 0 Å². The third kappa shape index (κ3) is 18.8. The average Bonchev–Trinajstić information content (AvgIpc) is 3.78. The second-order valence-electron chi connectivity index (χ2n) is 27.2. The number of nitrogens with zero attached hydrogens (tertiary/aromatic N) is 1. The minimum Gasteiger partial charge on any atom is -0.316 e. The smallest absolute Gasteiger partial charge is 0.127 e. The maximum atomic E-state index is 3.21. The summed E-state index contributed by atoms with van der Waals surface area (Å²) < 4.78 is 3.21. The van der Waals surface area contributed by atoms with Gasteiger partial charge in [0.2, 0.25) is 0 Å². The molecule has 0 N–H and O–H groups in total. The molecule has 5 rings (SSSR count). The molecule has 5 atom stereocenters. The molecule has 0 aromatic heterocycles. The number of unbranched alkanes of at least 4 members (excludes halogenated alkanes) is 34. The van der Waals surface area contributed by atoms with E-state index in [0.717, 1.165) is 23.4 Å². The van der Waals surface area contributed by atoms with Crippen molar-refractivity contribution in [2.24, 2.45) is 23.7 Å². The van der Waals surface area contributed by atoms with Gasteiger partial charge in [0, 0.05) is 17.0 Å². The summed E-state index contributed by atoms with van der Waals surface area (Å²) in [7, 11) is -1.86. The second-order valence-corrected chi connectivity index (χ2v) is 31.7. The standard InChI is InChI=1S/C70H125NSi/c1-10-12-14-16-18-20-22-24-26-28-30-32-34-36-38-40-42-49-55-70(56-50-43-41-39-37-35-33-31-29-27-25-23-21-19-17-15-13-11-2)66-54-48-47-53-62(66)64-57-65-63(58-67(64)70)59(3)60(4)68(65)72(8,9)71(69(5,6)7)61-51-45-44-46-52-61/h47-48,53-54,57-61,63,65,68H,10-46,49-52,55-56H2,1-9H3. The molecule has 4 aliphatic carbocycles. The van der Waals surface area contributed by atoms with Gasteiger partial charge >= 0.3 is 0 Å². The van der Waals surface area contributed by atoms with Crippen LogP contribution >= 0.6 is 0 Å². The molecule has 2 heteroatoms. The molecule has 414 valence electrons. The zero-order valence-corrected chi connectivity index (χ0v) is 51.3. The zero-order chi connectivity index (χ0) is 51.5. The van der Waals surface area contributed by atoms with E-state index in [9.17, 15) is 0 Å². The number of hydrogen-bond donors (Lipinski definition) is 0. The highest BCUT2D eigenvalue weighted by atomic mass is 28.3. The zero-order valence-electron chi connectivity index (χ0n) is 50.3. The Morgan fingerprint density at radius 3 is 1.24 bits per heavy atom. The van der Waals surface area contributed by atoms with Gasteiger partial charge in [0.15, 0.2) is 0 Å². The fourth-order valence-electron chi connectivity index (χ4n) is 16.4. The minimum atomic E-state index is -1.86. The molecule has 0 amide bonds. The van der Waals surface area contributed by atoms with Gasteiger partial charge in [0.25, 0.3) is 0 Å². The van der Waals surface area contributed by atoms with Crippen molar-refractivity contribution in [2.75, 3.05) is 0 Å². The molecule has 0 aliphatic heterocycles. The highest BCUT2D eigenvalue weighted by Crippen LogP contribution is 2.64. The van der Waals surface area contributed by atoms with Crippen LogP contribution in [0.15, 0.2) is 42.0 Å². The third-order valence-electron chi connectivity index (χ3n) is 20.1. The lowest BCUT2D eigenvalue weighted by Gasteiger charge is -2.56. The first-order valence-corrected chi connectivity index (χ1v) is 36.3. The van der Waals surface area contributed by atoms with Crippen molar-refractivity contribution >= 4 is 13.8 Å². The van der Waals surface area contributed by atoms with Crippen LogP contribution in [-0.2, 0) is 5.41 Å². The molecule has 1 aromatic carbocycles. The normalized spacial score (nSPS) is 22.1. The van der Waals surface area contributed by atoms with Gasteiger partial charge in [-0.05, 0) is 97.9 Å². The van der Waals surface area contributed by atoms with Crippen LogP contribution in [0, 0.1) is 23.7 Å². The molecule has 72 heavy (non-hydrogen) atoms. The Kier molecular flexibility index (Phi) is 29.1. The van der Waals surface area contributed by atoms with Crippen molar-refractivity contribution in [3.63, 3.8) is 0 Å². The summed E-state index contributed by atoms with van der Waals surface area (Å²) in [5.41, 5.74) is 8.03. The van der Waals surface area contributed by atoms with Gasteiger partial charge in [0.1, 0.15) is 8.24 Å².